The minimum atomic E-state index is -0.0439. The van der Waals surface area contributed by atoms with Gasteiger partial charge in [-0.15, -0.1) is 0 Å². The second-order valence-electron chi connectivity index (χ2n) is 12.4. The third-order valence-electron chi connectivity index (χ3n) is 9.97. The van der Waals surface area contributed by atoms with Crippen LogP contribution in [-0.2, 0) is 12.0 Å². The van der Waals surface area contributed by atoms with Crippen LogP contribution in [0.25, 0.3) is 0 Å². The van der Waals surface area contributed by atoms with E-state index in [9.17, 15) is 0 Å². The van der Waals surface area contributed by atoms with Crippen molar-refractivity contribution >= 4 is 0 Å². The van der Waals surface area contributed by atoms with E-state index in [0.29, 0.717) is 11.8 Å². The number of aromatic nitrogens is 2. The molecule has 0 bridgehead atoms. The molecule has 1 saturated heterocycles. The molecule has 5 rings (SSSR count). The lowest BCUT2D eigenvalue weighted by atomic mass is 9.80. The van der Waals surface area contributed by atoms with Crippen LogP contribution >= 0.6 is 0 Å². The highest BCUT2D eigenvalue weighted by Gasteiger charge is 2.40. The van der Waals surface area contributed by atoms with Crippen LogP contribution < -0.4 is 14.8 Å². The number of piperazine rings is 1. The lowest BCUT2D eigenvalue weighted by molar-refractivity contribution is 0.0439. The number of methoxy groups -OCH3 is 2. The maximum absolute atomic E-state index is 5.75. The quantitative estimate of drug-likeness (QED) is 0.222. The summed E-state index contributed by atoms with van der Waals surface area (Å²) in [4.78, 5) is 11.8. The van der Waals surface area contributed by atoms with E-state index in [0.717, 1.165) is 69.8 Å². The molecule has 0 spiro atoms. The van der Waals surface area contributed by atoms with Gasteiger partial charge >= 0.3 is 0 Å². The smallest absolute Gasteiger partial charge is 0.163 e. The van der Waals surface area contributed by atoms with Gasteiger partial charge in [-0.1, -0.05) is 68.7 Å². The van der Waals surface area contributed by atoms with Crippen LogP contribution in [0.15, 0.2) is 48.5 Å². The normalized spacial score (nSPS) is 20.9. The van der Waals surface area contributed by atoms with E-state index < -0.39 is 0 Å². The monoisotopic (exact) mass is 572 g/mol. The minimum absolute atomic E-state index is 0.0439. The van der Waals surface area contributed by atoms with Crippen molar-refractivity contribution in [2.24, 2.45) is 0 Å². The Bertz CT molecular complexity index is 1250. The molecule has 2 heterocycles. The highest BCUT2D eigenvalue weighted by Crippen LogP contribution is 2.39. The van der Waals surface area contributed by atoms with Crippen LogP contribution in [-0.4, -0.2) is 55.3 Å². The van der Waals surface area contributed by atoms with Crippen molar-refractivity contribution in [3.8, 4) is 11.5 Å². The fraction of sp³-hybridized carbons (Fsp3) is 0.583. The molecule has 1 aliphatic carbocycles. The number of hydrogen-bond donors (Lipinski definition) is 2. The van der Waals surface area contributed by atoms with Crippen LogP contribution in [0, 0.1) is 6.92 Å². The summed E-state index contributed by atoms with van der Waals surface area (Å²) >= 11 is 0. The SMILES string of the molecule is CCC(CCN1CCNCC1(CCCc1cccc(OC)c1OC)c1ccccc1)c1nc(C2CCCCC2)[nH]c1C. The fourth-order valence-corrected chi connectivity index (χ4v) is 7.62. The number of nitrogens with zero attached hydrogens (tertiary/aromatic N) is 2. The van der Waals surface area contributed by atoms with E-state index in [4.69, 9.17) is 14.5 Å². The van der Waals surface area contributed by atoms with Crippen LogP contribution in [0.4, 0.5) is 0 Å². The van der Waals surface area contributed by atoms with E-state index in [1.807, 2.05) is 6.07 Å². The van der Waals surface area contributed by atoms with Crippen molar-refractivity contribution in [1.29, 1.82) is 0 Å². The van der Waals surface area contributed by atoms with Gasteiger partial charge in [-0.2, -0.15) is 0 Å². The zero-order chi connectivity index (χ0) is 29.4. The molecular weight excluding hydrogens is 520 g/mol. The molecule has 2 atom stereocenters. The van der Waals surface area contributed by atoms with Crippen molar-refractivity contribution in [2.75, 3.05) is 40.4 Å². The molecular formula is C36H52N4O2. The molecule has 228 valence electrons. The van der Waals surface area contributed by atoms with Crippen molar-refractivity contribution < 1.29 is 9.47 Å². The molecule has 2 N–H and O–H groups in total. The number of benzene rings is 2. The lowest BCUT2D eigenvalue weighted by Crippen LogP contribution is -2.59. The fourth-order valence-electron chi connectivity index (χ4n) is 7.62. The molecule has 6 heteroatoms. The number of aryl methyl sites for hydroxylation is 2. The Morgan fingerprint density at radius 3 is 2.57 bits per heavy atom. The van der Waals surface area contributed by atoms with Gasteiger partial charge in [-0.3, -0.25) is 4.90 Å². The predicted molar refractivity (Wildman–Crippen MR) is 172 cm³/mol. The van der Waals surface area contributed by atoms with Crippen molar-refractivity contribution in [3.05, 3.63) is 76.9 Å². The zero-order valence-electron chi connectivity index (χ0n) is 26.4. The highest BCUT2D eigenvalue weighted by atomic mass is 16.5. The number of nitrogens with one attached hydrogen (secondary N) is 2. The first-order valence-electron chi connectivity index (χ1n) is 16.4. The van der Waals surface area contributed by atoms with Gasteiger partial charge in [0.2, 0.25) is 0 Å². The van der Waals surface area contributed by atoms with E-state index in [-0.39, 0.29) is 5.54 Å². The average Bonchev–Trinajstić information content (AvgIpc) is 3.43. The summed E-state index contributed by atoms with van der Waals surface area (Å²) in [5, 5.41) is 3.77. The first kappa shape index (κ1) is 30.6. The van der Waals surface area contributed by atoms with Gasteiger partial charge in [-0.25, -0.2) is 4.98 Å². The van der Waals surface area contributed by atoms with Crippen molar-refractivity contribution in [2.45, 2.75) is 95.4 Å². The predicted octanol–water partition coefficient (Wildman–Crippen LogP) is 7.49. The van der Waals surface area contributed by atoms with Gasteiger partial charge in [0, 0.05) is 37.2 Å². The van der Waals surface area contributed by atoms with E-state index in [1.165, 1.54) is 60.4 Å². The van der Waals surface area contributed by atoms with E-state index >= 15 is 0 Å². The van der Waals surface area contributed by atoms with Gasteiger partial charge in [0.15, 0.2) is 11.5 Å². The number of hydrogen-bond acceptors (Lipinski definition) is 5. The van der Waals surface area contributed by atoms with Gasteiger partial charge in [0.1, 0.15) is 5.82 Å². The number of aromatic amines is 1. The number of para-hydroxylation sites is 1. The van der Waals surface area contributed by atoms with Crippen LogP contribution in [0.3, 0.4) is 0 Å². The first-order valence-corrected chi connectivity index (χ1v) is 16.4. The minimum Gasteiger partial charge on any atom is -0.493 e. The molecule has 3 aromatic rings. The Hall–Kier alpha value is -2.83. The Morgan fingerprint density at radius 2 is 1.83 bits per heavy atom. The average molecular weight is 573 g/mol. The number of ether oxygens (including phenoxy) is 2. The van der Waals surface area contributed by atoms with Gasteiger partial charge in [0.25, 0.3) is 0 Å². The molecule has 2 unspecified atom stereocenters. The maximum Gasteiger partial charge on any atom is 0.163 e. The number of rotatable bonds is 13. The van der Waals surface area contributed by atoms with Gasteiger partial charge < -0.3 is 19.8 Å². The van der Waals surface area contributed by atoms with Crippen molar-refractivity contribution in [1.82, 2.24) is 20.2 Å². The standard InChI is InChI=1S/C36H52N4O2/c1-5-28(33-27(2)38-35(39-33)30-14-8-6-9-15-30)21-24-40-25-23-37-26-36(40,31-18-10-7-11-19-31)22-13-17-29-16-12-20-32(41-3)34(29)42-4/h7,10-12,16,18-20,28,30,37H,5-6,8-9,13-15,17,21-26H2,1-4H3,(H,38,39). The second kappa shape index (κ2) is 14.6. The number of imidazole rings is 1. The highest BCUT2D eigenvalue weighted by molar-refractivity contribution is 5.46. The Balaban J connectivity index is 1.34. The Labute approximate surface area is 253 Å². The van der Waals surface area contributed by atoms with Crippen LogP contribution in [0.2, 0.25) is 0 Å². The topological polar surface area (TPSA) is 62.4 Å². The van der Waals surface area contributed by atoms with E-state index in [2.05, 4.69) is 71.5 Å². The number of H-pyrrole nitrogens is 1. The van der Waals surface area contributed by atoms with Crippen LogP contribution in [0.5, 0.6) is 11.5 Å². The molecule has 2 aromatic carbocycles. The first-order chi connectivity index (χ1) is 20.6. The van der Waals surface area contributed by atoms with Gasteiger partial charge in [-0.05, 0) is 75.6 Å². The Morgan fingerprint density at radius 1 is 1.02 bits per heavy atom. The third kappa shape index (κ3) is 6.70. The molecule has 2 aliphatic rings. The summed E-state index contributed by atoms with van der Waals surface area (Å²) in [7, 11) is 3.45. The molecule has 42 heavy (non-hydrogen) atoms. The molecule has 1 saturated carbocycles. The molecule has 6 nitrogen and oxygen atoms in total. The Kier molecular flexibility index (Phi) is 10.6. The summed E-state index contributed by atoms with van der Waals surface area (Å²) in [6.07, 6.45) is 12.0. The molecule has 1 aliphatic heterocycles. The van der Waals surface area contributed by atoms with E-state index in [1.54, 1.807) is 14.2 Å². The lowest BCUT2D eigenvalue weighted by Gasteiger charge is -2.49. The summed E-state index contributed by atoms with van der Waals surface area (Å²) in [5.74, 6) is 4.00. The molecule has 0 radical (unpaired) electrons. The third-order valence-corrected chi connectivity index (χ3v) is 9.97. The summed E-state index contributed by atoms with van der Waals surface area (Å²) in [6, 6.07) is 17.4. The molecule has 1 aromatic heterocycles. The van der Waals surface area contributed by atoms with Crippen molar-refractivity contribution in [3.63, 3.8) is 0 Å². The summed E-state index contributed by atoms with van der Waals surface area (Å²) in [5.41, 5.74) is 5.17. The summed E-state index contributed by atoms with van der Waals surface area (Å²) in [6.45, 7) is 8.70. The zero-order valence-corrected chi connectivity index (χ0v) is 26.4. The molecule has 0 amide bonds. The maximum atomic E-state index is 5.75. The molecule has 2 fully saturated rings. The second-order valence-corrected chi connectivity index (χ2v) is 12.4. The van der Waals surface area contributed by atoms with Gasteiger partial charge in [0.05, 0.1) is 25.5 Å². The summed E-state index contributed by atoms with van der Waals surface area (Å²) < 4.78 is 11.3. The largest absolute Gasteiger partial charge is 0.493 e. The van der Waals surface area contributed by atoms with Crippen LogP contribution in [0.1, 0.15) is 105 Å².